The van der Waals surface area contributed by atoms with Gasteiger partial charge in [0.05, 0.1) is 16.5 Å². The molecule has 1 N–H and O–H groups in total. The number of likely N-dealkylation sites (N-methyl/N-ethyl adjacent to an activating group) is 1. The van der Waals surface area contributed by atoms with Crippen LogP contribution in [-0.4, -0.2) is 25.2 Å². The van der Waals surface area contributed by atoms with Crippen molar-refractivity contribution in [1.82, 2.24) is 10.3 Å². The number of rotatable bonds is 6. The Morgan fingerprint density at radius 2 is 2.06 bits per heavy atom. The fourth-order valence-corrected chi connectivity index (χ4v) is 2.60. The summed E-state index contributed by atoms with van der Waals surface area (Å²) in [5.41, 5.74) is 1.20. The van der Waals surface area contributed by atoms with E-state index < -0.39 is 0 Å². The van der Waals surface area contributed by atoms with Crippen molar-refractivity contribution in [2.24, 2.45) is 0 Å². The van der Waals surface area contributed by atoms with Gasteiger partial charge in [-0.05, 0) is 43.8 Å². The van der Waals surface area contributed by atoms with Crippen molar-refractivity contribution < 1.29 is 4.74 Å². The van der Waals surface area contributed by atoms with Gasteiger partial charge in [0.2, 0.25) is 0 Å². The highest BCUT2D eigenvalue weighted by Gasteiger charge is 2.04. The molecule has 0 unspecified atom stereocenters. The zero-order valence-corrected chi connectivity index (χ0v) is 11.6. The lowest BCUT2D eigenvalue weighted by Gasteiger charge is -2.03. The third kappa shape index (κ3) is 3.31. The molecule has 2 aromatic rings. The molecule has 0 aliphatic heterocycles. The van der Waals surface area contributed by atoms with Gasteiger partial charge in [-0.3, -0.25) is 0 Å². The van der Waals surface area contributed by atoms with E-state index in [4.69, 9.17) is 4.74 Å². The molecular weight excluding hydrogens is 244 g/mol. The van der Waals surface area contributed by atoms with Crippen molar-refractivity contribution in [2.45, 2.75) is 13.3 Å². The molecule has 0 radical (unpaired) electrons. The summed E-state index contributed by atoms with van der Waals surface area (Å²) in [6, 6.07) is 8.18. The number of ether oxygens (including phenoxy) is 1. The van der Waals surface area contributed by atoms with Crippen molar-refractivity contribution in [1.29, 1.82) is 0 Å². The summed E-state index contributed by atoms with van der Waals surface area (Å²) in [7, 11) is 1.96. The Bertz CT molecular complexity index is 479. The molecule has 1 heterocycles. The fraction of sp³-hybridized carbons (Fsp3) is 0.357. The molecule has 2 rings (SSSR count). The predicted octanol–water partition coefficient (Wildman–Crippen LogP) is 2.97. The van der Waals surface area contributed by atoms with Crippen LogP contribution >= 0.6 is 11.3 Å². The summed E-state index contributed by atoms with van der Waals surface area (Å²) in [5, 5.41) is 4.31. The SMILES string of the molecule is CCOc1ccc(-c2cnc(CCNC)s2)cc1. The smallest absolute Gasteiger partial charge is 0.119 e. The molecule has 3 nitrogen and oxygen atoms in total. The van der Waals surface area contributed by atoms with Crippen LogP contribution in [0, 0.1) is 0 Å². The summed E-state index contributed by atoms with van der Waals surface area (Å²) in [6.45, 7) is 3.66. The van der Waals surface area contributed by atoms with Crippen LogP contribution in [0.1, 0.15) is 11.9 Å². The number of benzene rings is 1. The van der Waals surface area contributed by atoms with E-state index in [9.17, 15) is 0 Å². The first-order valence-electron chi connectivity index (χ1n) is 6.16. The summed E-state index contributed by atoms with van der Waals surface area (Å²) in [5.74, 6) is 0.918. The monoisotopic (exact) mass is 262 g/mol. The Kier molecular flexibility index (Phi) is 4.73. The van der Waals surface area contributed by atoms with Gasteiger partial charge >= 0.3 is 0 Å². The maximum atomic E-state index is 5.43. The average molecular weight is 262 g/mol. The second-order valence-corrected chi connectivity index (χ2v) is 5.04. The van der Waals surface area contributed by atoms with Crippen LogP contribution in [0.2, 0.25) is 0 Å². The number of thiazole rings is 1. The minimum absolute atomic E-state index is 0.702. The first-order valence-corrected chi connectivity index (χ1v) is 6.97. The van der Waals surface area contributed by atoms with E-state index >= 15 is 0 Å². The molecule has 1 aromatic carbocycles. The molecule has 0 fully saturated rings. The van der Waals surface area contributed by atoms with E-state index in [1.165, 1.54) is 15.4 Å². The molecule has 0 saturated carbocycles. The van der Waals surface area contributed by atoms with Gasteiger partial charge in [0.1, 0.15) is 5.75 Å². The first-order chi connectivity index (χ1) is 8.83. The molecule has 0 saturated heterocycles. The molecule has 18 heavy (non-hydrogen) atoms. The molecule has 0 atom stereocenters. The van der Waals surface area contributed by atoms with Crippen molar-refractivity contribution in [3.8, 4) is 16.2 Å². The zero-order valence-electron chi connectivity index (χ0n) is 10.8. The number of hydrogen-bond acceptors (Lipinski definition) is 4. The molecule has 0 bridgehead atoms. The lowest BCUT2D eigenvalue weighted by Crippen LogP contribution is -2.09. The van der Waals surface area contributed by atoms with Crippen LogP contribution < -0.4 is 10.1 Å². The highest BCUT2D eigenvalue weighted by molar-refractivity contribution is 7.15. The quantitative estimate of drug-likeness (QED) is 0.869. The van der Waals surface area contributed by atoms with E-state index in [0.717, 1.165) is 18.7 Å². The summed E-state index contributed by atoms with van der Waals surface area (Å²) in [6.07, 6.45) is 2.93. The minimum atomic E-state index is 0.702. The molecule has 1 aromatic heterocycles. The van der Waals surface area contributed by atoms with Gasteiger partial charge in [-0.2, -0.15) is 0 Å². The maximum absolute atomic E-state index is 5.43. The fourth-order valence-electron chi connectivity index (χ4n) is 1.67. The molecular formula is C14H18N2OS. The predicted molar refractivity (Wildman–Crippen MR) is 76.3 cm³/mol. The van der Waals surface area contributed by atoms with Crippen LogP contribution in [0.5, 0.6) is 5.75 Å². The van der Waals surface area contributed by atoms with Gasteiger partial charge in [-0.25, -0.2) is 4.98 Å². The van der Waals surface area contributed by atoms with Crippen molar-refractivity contribution >= 4 is 11.3 Å². The Morgan fingerprint density at radius 1 is 1.28 bits per heavy atom. The highest BCUT2D eigenvalue weighted by Crippen LogP contribution is 2.27. The number of nitrogens with one attached hydrogen (secondary N) is 1. The lowest BCUT2D eigenvalue weighted by atomic mass is 10.2. The third-order valence-electron chi connectivity index (χ3n) is 2.59. The normalized spacial score (nSPS) is 10.6. The van der Waals surface area contributed by atoms with Crippen LogP contribution in [0.15, 0.2) is 30.5 Å². The Hall–Kier alpha value is -1.39. The van der Waals surface area contributed by atoms with Crippen LogP contribution in [0.25, 0.3) is 10.4 Å². The van der Waals surface area contributed by atoms with Gasteiger partial charge in [-0.1, -0.05) is 0 Å². The number of nitrogens with zero attached hydrogens (tertiary/aromatic N) is 1. The van der Waals surface area contributed by atoms with E-state index in [-0.39, 0.29) is 0 Å². The van der Waals surface area contributed by atoms with Gasteiger partial charge in [-0.15, -0.1) is 11.3 Å². The van der Waals surface area contributed by atoms with E-state index in [0.29, 0.717) is 6.61 Å². The zero-order chi connectivity index (χ0) is 12.8. The van der Waals surface area contributed by atoms with Crippen LogP contribution in [0.3, 0.4) is 0 Å². The van der Waals surface area contributed by atoms with Gasteiger partial charge in [0.25, 0.3) is 0 Å². The molecule has 0 aliphatic carbocycles. The van der Waals surface area contributed by atoms with Gasteiger partial charge in [0, 0.05) is 19.2 Å². The Labute approximate surface area is 112 Å². The van der Waals surface area contributed by atoms with E-state index in [1.807, 2.05) is 32.3 Å². The maximum Gasteiger partial charge on any atom is 0.119 e. The molecule has 4 heteroatoms. The Balaban J connectivity index is 2.08. The van der Waals surface area contributed by atoms with Crippen LogP contribution in [-0.2, 0) is 6.42 Å². The van der Waals surface area contributed by atoms with E-state index in [1.54, 1.807) is 11.3 Å². The van der Waals surface area contributed by atoms with Crippen LogP contribution in [0.4, 0.5) is 0 Å². The van der Waals surface area contributed by atoms with E-state index in [2.05, 4.69) is 22.4 Å². The molecule has 0 spiro atoms. The first kappa shape index (κ1) is 13.1. The summed E-state index contributed by atoms with van der Waals surface area (Å²) < 4.78 is 5.43. The van der Waals surface area contributed by atoms with Crippen molar-refractivity contribution in [2.75, 3.05) is 20.2 Å². The average Bonchev–Trinajstić information content (AvgIpc) is 2.86. The second-order valence-electron chi connectivity index (χ2n) is 3.93. The molecule has 0 amide bonds. The van der Waals surface area contributed by atoms with Gasteiger partial charge < -0.3 is 10.1 Å². The number of aromatic nitrogens is 1. The standard InChI is InChI=1S/C14H18N2OS/c1-3-17-12-6-4-11(5-7-12)13-10-16-14(18-13)8-9-15-2/h4-7,10,15H,3,8-9H2,1-2H3. The van der Waals surface area contributed by atoms with Crippen molar-refractivity contribution in [3.05, 3.63) is 35.5 Å². The largest absolute Gasteiger partial charge is 0.494 e. The summed E-state index contributed by atoms with van der Waals surface area (Å²) in [4.78, 5) is 5.65. The third-order valence-corrected chi connectivity index (χ3v) is 3.70. The molecule has 0 aliphatic rings. The highest BCUT2D eigenvalue weighted by atomic mass is 32.1. The number of hydrogen-bond donors (Lipinski definition) is 1. The minimum Gasteiger partial charge on any atom is -0.494 e. The summed E-state index contributed by atoms with van der Waals surface area (Å²) >= 11 is 1.75. The van der Waals surface area contributed by atoms with Gasteiger partial charge in [0.15, 0.2) is 0 Å². The topological polar surface area (TPSA) is 34.1 Å². The lowest BCUT2D eigenvalue weighted by molar-refractivity contribution is 0.340. The molecule has 96 valence electrons. The Morgan fingerprint density at radius 3 is 2.72 bits per heavy atom. The second kappa shape index (κ2) is 6.52. The van der Waals surface area contributed by atoms with Crippen molar-refractivity contribution in [3.63, 3.8) is 0 Å².